The molecule has 1 aromatic rings. The van der Waals surface area contributed by atoms with Gasteiger partial charge in [-0.15, -0.1) is 24.0 Å². The second kappa shape index (κ2) is 14.0. The molecule has 1 rings (SSSR count). The fourth-order valence-corrected chi connectivity index (χ4v) is 2.44. The normalized spacial score (nSPS) is 11.7. The van der Waals surface area contributed by atoms with Gasteiger partial charge in [-0.2, -0.15) is 0 Å². The highest BCUT2D eigenvalue weighted by Gasteiger charge is 2.24. The Balaban J connectivity index is 0.00000961. The summed E-state index contributed by atoms with van der Waals surface area (Å²) in [5.41, 5.74) is -0.583. The van der Waals surface area contributed by atoms with E-state index in [1.54, 1.807) is 31.4 Å². The molecular formula is C22H38IN5O4. The summed E-state index contributed by atoms with van der Waals surface area (Å²) in [6.07, 6.45) is -0.480. The van der Waals surface area contributed by atoms with Crippen LogP contribution in [0.2, 0.25) is 0 Å². The van der Waals surface area contributed by atoms with Crippen LogP contribution in [0.15, 0.2) is 29.3 Å². The molecule has 32 heavy (non-hydrogen) atoms. The van der Waals surface area contributed by atoms with Gasteiger partial charge in [-0.05, 0) is 65.8 Å². The van der Waals surface area contributed by atoms with Crippen molar-refractivity contribution in [1.82, 2.24) is 21.3 Å². The summed E-state index contributed by atoms with van der Waals surface area (Å²) in [6, 6.07) is 6.92. The largest absolute Gasteiger partial charge is 0.497 e. The summed E-state index contributed by atoms with van der Waals surface area (Å²) in [4.78, 5) is 28.7. The number of nitrogens with one attached hydrogen (secondary N) is 4. The second-order valence-electron chi connectivity index (χ2n) is 8.62. The number of rotatable bonds is 9. The molecular weight excluding hydrogens is 525 g/mol. The Kier molecular flexibility index (Phi) is 13.0. The fraction of sp³-hybridized carbons (Fsp3) is 0.591. The molecule has 0 spiro atoms. The van der Waals surface area contributed by atoms with Crippen LogP contribution in [0.3, 0.4) is 0 Å². The Hall–Kier alpha value is -2.24. The van der Waals surface area contributed by atoms with E-state index >= 15 is 0 Å². The molecule has 9 nitrogen and oxygen atoms in total. The zero-order valence-corrected chi connectivity index (χ0v) is 22.5. The smallest absolute Gasteiger partial charge is 0.408 e. The molecule has 0 fully saturated rings. The van der Waals surface area contributed by atoms with Gasteiger partial charge >= 0.3 is 6.09 Å². The number of alkyl carbamates (subject to hydrolysis) is 1. The van der Waals surface area contributed by atoms with E-state index in [2.05, 4.69) is 26.3 Å². The van der Waals surface area contributed by atoms with E-state index in [-0.39, 0.29) is 29.9 Å². The summed E-state index contributed by atoms with van der Waals surface area (Å²) in [6.45, 7) is 13.1. The molecule has 0 aromatic heterocycles. The van der Waals surface area contributed by atoms with E-state index in [0.717, 1.165) is 0 Å². The fourth-order valence-electron chi connectivity index (χ4n) is 2.44. The zero-order valence-electron chi connectivity index (χ0n) is 20.1. The molecule has 0 unspecified atom stereocenters. The number of amides is 2. The first-order valence-electron chi connectivity index (χ1n) is 10.4. The second-order valence-corrected chi connectivity index (χ2v) is 8.62. The molecule has 0 aliphatic carbocycles. The number of benzene rings is 1. The van der Waals surface area contributed by atoms with Crippen molar-refractivity contribution in [2.24, 2.45) is 4.99 Å². The Morgan fingerprint density at radius 2 is 1.56 bits per heavy atom. The number of hydrogen-bond donors (Lipinski definition) is 4. The summed E-state index contributed by atoms with van der Waals surface area (Å²) >= 11 is 0. The van der Waals surface area contributed by atoms with E-state index in [4.69, 9.17) is 9.47 Å². The van der Waals surface area contributed by atoms with E-state index in [9.17, 15) is 9.59 Å². The number of nitrogens with zero attached hydrogens (tertiary/aromatic N) is 1. The maximum Gasteiger partial charge on any atom is 0.408 e. The standard InChI is InChI=1S/C22H37N5O4.HI/c1-8-23-19(26-15-22(5,6)27-20(29)31-21(2,3)4)25-14-13-24-18(28)16-9-11-17(30-7)12-10-16;/h9-12H,8,13-15H2,1-7H3,(H,24,28)(H,27,29)(H2,23,25,26);1H. The van der Waals surface area contributed by atoms with Crippen molar-refractivity contribution < 1.29 is 19.1 Å². The number of aliphatic imine (C=N–C) groups is 1. The zero-order chi connectivity index (χ0) is 23.5. The first kappa shape index (κ1) is 29.8. The van der Waals surface area contributed by atoms with Crippen LogP contribution in [0.1, 0.15) is 51.9 Å². The third kappa shape index (κ3) is 12.6. The summed E-state index contributed by atoms with van der Waals surface area (Å²) in [5, 5.41) is 12.0. The number of ether oxygens (including phenoxy) is 2. The van der Waals surface area contributed by atoms with Crippen LogP contribution >= 0.6 is 24.0 Å². The summed E-state index contributed by atoms with van der Waals surface area (Å²) in [7, 11) is 1.58. The van der Waals surface area contributed by atoms with Crippen LogP contribution in [-0.4, -0.2) is 62.4 Å². The van der Waals surface area contributed by atoms with E-state index in [0.29, 0.717) is 43.5 Å². The minimum atomic E-state index is -0.590. The van der Waals surface area contributed by atoms with Gasteiger partial charge in [0.05, 0.1) is 19.2 Å². The first-order valence-corrected chi connectivity index (χ1v) is 10.4. The van der Waals surface area contributed by atoms with Crippen LogP contribution in [0.5, 0.6) is 5.75 Å². The maximum absolute atomic E-state index is 12.2. The molecule has 0 bridgehead atoms. The van der Waals surface area contributed by atoms with Crippen molar-refractivity contribution in [3.63, 3.8) is 0 Å². The van der Waals surface area contributed by atoms with E-state index in [1.165, 1.54) is 0 Å². The average molecular weight is 563 g/mol. The highest BCUT2D eigenvalue weighted by atomic mass is 127. The van der Waals surface area contributed by atoms with Gasteiger partial charge in [0.25, 0.3) is 5.91 Å². The molecule has 0 heterocycles. The molecule has 10 heteroatoms. The highest BCUT2D eigenvalue weighted by Crippen LogP contribution is 2.11. The van der Waals surface area contributed by atoms with Gasteiger partial charge < -0.3 is 30.7 Å². The molecule has 0 saturated heterocycles. The molecule has 4 N–H and O–H groups in total. The summed E-state index contributed by atoms with van der Waals surface area (Å²) in [5.74, 6) is 1.14. The number of carbonyl (C=O) groups is 2. The maximum atomic E-state index is 12.2. The van der Waals surface area contributed by atoms with Crippen LogP contribution in [0.4, 0.5) is 4.79 Å². The molecule has 0 radical (unpaired) electrons. The predicted molar refractivity (Wildman–Crippen MR) is 138 cm³/mol. The van der Waals surface area contributed by atoms with Gasteiger partial charge in [-0.1, -0.05) is 0 Å². The van der Waals surface area contributed by atoms with Gasteiger partial charge in [-0.25, -0.2) is 4.79 Å². The van der Waals surface area contributed by atoms with Gasteiger partial charge in [0.1, 0.15) is 11.4 Å². The van der Waals surface area contributed by atoms with Gasteiger partial charge in [0, 0.05) is 25.2 Å². The average Bonchev–Trinajstić information content (AvgIpc) is 2.67. The molecule has 2 amide bonds. The van der Waals surface area contributed by atoms with E-state index in [1.807, 2.05) is 41.5 Å². The molecule has 0 aliphatic heterocycles. The number of guanidine groups is 1. The van der Waals surface area contributed by atoms with Crippen molar-refractivity contribution in [2.45, 2.75) is 52.7 Å². The minimum Gasteiger partial charge on any atom is -0.497 e. The summed E-state index contributed by atoms with van der Waals surface area (Å²) < 4.78 is 10.4. The van der Waals surface area contributed by atoms with Gasteiger partial charge in [0.2, 0.25) is 0 Å². The number of halogens is 1. The van der Waals surface area contributed by atoms with Crippen molar-refractivity contribution in [3.05, 3.63) is 29.8 Å². The third-order valence-corrected chi connectivity index (χ3v) is 3.87. The van der Waals surface area contributed by atoms with Crippen LogP contribution in [0.25, 0.3) is 0 Å². The molecule has 1 aromatic carbocycles. The molecule has 0 saturated carbocycles. The molecule has 182 valence electrons. The quantitative estimate of drug-likeness (QED) is 0.159. The van der Waals surface area contributed by atoms with Crippen molar-refractivity contribution >= 4 is 41.9 Å². The number of carbonyl (C=O) groups excluding carboxylic acids is 2. The predicted octanol–water partition coefficient (Wildman–Crippen LogP) is 2.90. The number of hydrogen-bond acceptors (Lipinski definition) is 5. The lowest BCUT2D eigenvalue weighted by Gasteiger charge is -2.27. The third-order valence-electron chi connectivity index (χ3n) is 3.87. The van der Waals surface area contributed by atoms with Crippen molar-refractivity contribution in [3.8, 4) is 5.75 Å². The molecule has 0 atom stereocenters. The lowest BCUT2D eigenvalue weighted by Crippen LogP contribution is -2.49. The first-order chi connectivity index (χ1) is 14.5. The Bertz CT molecular complexity index is 746. The Morgan fingerprint density at radius 1 is 0.969 bits per heavy atom. The molecule has 0 aliphatic rings. The van der Waals surface area contributed by atoms with Gasteiger partial charge in [-0.3, -0.25) is 9.79 Å². The lowest BCUT2D eigenvalue weighted by atomic mass is 10.1. The number of methoxy groups -OCH3 is 1. The van der Waals surface area contributed by atoms with Crippen molar-refractivity contribution in [1.29, 1.82) is 0 Å². The Labute approximate surface area is 208 Å². The van der Waals surface area contributed by atoms with Crippen LogP contribution in [-0.2, 0) is 4.74 Å². The van der Waals surface area contributed by atoms with E-state index < -0.39 is 17.2 Å². The topological polar surface area (TPSA) is 113 Å². The minimum absolute atomic E-state index is 0. The monoisotopic (exact) mass is 563 g/mol. The van der Waals surface area contributed by atoms with Crippen LogP contribution in [0, 0.1) is 0 Å². The SMILES string of the molecule is CCNC(=NCC(C)(C)NC(=O)OC(C)(C)C)NCCNC(=O)c1ccc(OC)cc1.I. The van der Waals surface area contributed by atoms with Crippen LogP contribution < -0.4 is 26.0 Å². The van der Waals surface area contributed by atoms with Crippen molar-refractivity contribution in [2.75, 3.05) is 33.3 Å². The highest BCUT2D eigenvalue weighted by molar-refractivity contribution is 14.0. The Morgan fingerprint density at radius 3 is 2.09 bits per heavy atom. The van der Waals surface area contributed by atoms with Gasteiger partial charge in [0.15, 0.2) is 5.96 Å². The lowest BCUT2D eigenvalue weighted by molar-refractivity contribution is 0.0476.